The number of nitrogens with one attached hydrogen (secondary N) is 3. The van der Waals surface area contributed by atoms with Gasteiger partial charge in [0.25, 0.3) is 0 Å². The van der Waals surface area contributed by atoms with Gasteiger partial charge in [0.2, 0.25) is 0 Å². The van der Waals surface area contributed by atoms with Crippen LogP contribution >= 0.6 is 0 Å². The van der Waals surface area contributed by atoms with Crippen LogP contribution in [0, 0.1) is 0 Å². The zero-order valence-electron chi connectivity index (χ0n) is 6.50. The first kappa shape index (κ1) is 8.30. The minimum atomic E-state index is 1.15. The van der Waals surface area contributed by atoms with E-state index in [-0.39, 0.29) is 0 Å². The highest BCUT2D eigenvalue weighted by atomic mass is 15.6. The Kier molecular flexibility index (Phi) is 3.88. The quantitative estimate of drug-likeness (QED) is 0.454. The van der Waals surface area contributed by atoms with E-state index in [0.29, 0.717) is 0 Å². The van der Waals surface area contributed by atoms with Gasteiger partial charge >= 0.3 is 0 Å². The third-order valence-electron chi connectivity index (χ3n) is 1.06. The Morgan fingerprint density at radius 2 is 1.22 bits per heavy atom. The summed E-state index contributed by atoms with van der Waals surface area (Å²) in [6.45, 7) is 8.00. The summed E-state index contributed by atoms with van der Waals surface area (Å²) in [5.41, 5.74) is 10.8. The van der Waals surface area contributed by atoms with Crippen LogP contribution in [-0.2, 0) is 0 Å². The first-order valence-electron chi connectivity index (χ1n) is 3.25. The van der Waals surface area contributed by atoms with Crippen molar-refractivity contribution in [3.05, 3.63) is 11.4 Å². The summed E-state index contributed by atoms with van der Waals surface area (Å²) in [6.07, 6.45) is 0. The molecule has 0 bridgehead atoms. The normalized spacial score (nSPS) is 15.6. The maximum Gasteiger partial charge on any atom is 0.0449 e. The molecule has 0 aromatic rings. The summed E-state index contributed by atoms with van der Waals surface area (Å²) in [4.78, 5) is 0. The molecule has 0 unspecified atom stereocenters. The van der Waals surface area contributed by atoms with Gasteiger partial charge < -0.3 is 10.9 Å². The van der Waals surface area contributed by atoms with Crippen LogP contribution in [0.3, 0.4) is 0 Å². The molecule has 1 aliphatic rings. The monoisotopic (exact) mass is 129 g/mol. The van der Waals surface area contributed by atoms with E-state index in [2.05, 4.69) is 16.4 Å². The molecule has 0 fully saturated rings. The van der Waals surface area contributed by atoms with Gasteiger partial charge in [-0.15, -0.1) is 0 Å². The summed E-state index contributed by atoms with van der Waals surface area (Å²) in [6, 6.07) is 0. The number of hydrazine groups is 2. The molecule has 0 spiro atoms. The lowest BCUT2D eigenvalue weighted by molar-refractivity contribution is 0.590. The molecule has 3 N–H and O–H groups in total. The van der Waals surface area contributed by atoms with Crippen molar-refractivity contribution >= 4 is 0 Å². The highest BCUT2D eigenvalue weighted by molar-refractivity contribution is 5.07. The average molecular weight is 129 g/mol. The van der Waals surface area contributed by atoms with Gasteiger partial charge in [0, 0.05) is 11.4 Å². The van der Waals surface area contributed by atoms with Crippen molar-refractivity contribution in [2.75, 3.05) is 0 Å². The van der Waals surface area contributed by atoms with Crippen molar-refractivity contribution in [3.63, 3.8) is 0 Å². The Morgan fingerprint density at radius 3 is 1.33 bits per heavy atom. The van der Waals surface area contributed by atoms with E-state index in [0.717, 1.165) is 11.4 Å². The molecule has 0 saturated carbocycles. The topological polar surface area (TPSA) is 36.1 Å². The molecule has 54 valence electrons. The van der Waals surface area contributed by atoms with E-state index in [1.165, 1.54) is 0 Å². The molecule has 0 aromatic heterocycles. The van der Waals surface area contributed by atoms with E-state index in [4.69, 9.17) is 0 Å². The second kappa shape index (κ2) is 4.21. The Bertz CT molecular complexity index is 94.9. The number of hydrogen-bond donors (Lipinski definition) is 3. The fourth-order valence-corrected chi connectivity index (χ4v) is 0.406. The lowest BCUT2D eigenvalue weighted by Crippen LogP contribution is -2.32. The van der Waals surface area contributed by atoms with E-state index < -0.39 is 0 Å². The smallest absolute Gasteiger partial charge is 0.0449 e. The van der Waals surface area contributed by atoms with Gasteiger partial charge in [0.05, 0.1) is 0 Å². The van der Waals surface area contributed by atoms with Gasteiger partial charge in [-0.05, 0) is 13.8 Å². The van der Waals surface area contributed by atoms with Crippen molar-refractivity contribution in [3.8, 4) is 0 Å². The van der Waals surface area contributed by atoms with Crippen LogP contribution < -0.4 is 16.4 Å². The van der Waals surface area contributed by atoms with Crippen LogP contribution in [0.15, 0.2) is 11.4 Å². The Balaban J connectivity index is 0.000000291. The molecule has 1 aliphatic heterocycles. The van der Waals surface area contributed by atoms with Crippen molar-refractivity contribution < 1.29 is 0 Å². The van der Waals surface area contributed by atoms with Gasteiger partial charge in [0.15, 0.2) is 0 Å². The molecule has 1 rings (SSSR count). The third kappa shape index (κ3) is 2.37. The molecule has 0 saturated heterocycles. The molecule has 0 radical (unpaired) electrons. The average Bonchev–Trinajstić information content (AvgIpc) is 2.23. The summed E-state index contributed by atoms with van der Waals surface area (Å²) in [5.74, 6) is 0. The fraction of sp³-hybridized carbons (Fsp3) is 0.667. The Morgan fingerprint density at radius 1 is 0.889 bits per heavy atom. The molecule has 9 heavy (non-hydrogen) atoms. The van der Waals surface area contributed by atoms with Crippen LogP contribution in [0.2, 0.25) is 0 Å². The minimum absolute atomic E-state index is 1.15. The molecular formula is C6H15N3. The van der Waals surface area contributed by atoms with Gasteiger partial charge in [-0.3, -0.25) is 0 Å². The third-order valence-corrected chi connectivity index (χ3v) is 1.06. The molecule has 0 atom stereocenters. The summed E-state index contributed by atoms with van der Waals surface area (Å²) in [5, 5.41) is 0. The fourth-order valence-electron chi connectivity index (χ4n) is 0.406. The predicted octanol–water partition coefficient (Wildman–Crippen LogP) is 0.876. The molecule has 0 amide bonds. The first-order valence-corrected chi connectivity index (χ1v) is 3.25. The van der Waals surface area contributed by atoms with Crippen LogP contribution in [0.1, 0.15) is 27.7 Å². The van der Waals surface area contributed by atoms with Crippen LogP contribution in [0.25, 0.3) is 0 Å². The highest BCUT2D eigenvalue weighted by Gasteiger charge is 1.99. The Hall–Kier alpha value is -0.700. The van der Waals surface area contributed by atoms with E-state index in [1.54, 1.807) is 0 Å². The zero-order valence-corrected chi connectivity index (χ0v) is 6.50. The molecule has 1 heterocycles. The van der Waals surface area contributed by atoms with E-state index in [9.17, 15) is 0 Å². The minimum Gasteiger partial charge on any atom is -0.307 e. The second-order valence-electron chi connectivity index (χ2n) is 1.62. The molecule has 0 aliphatic carbocycles. The van der Waals surface area contributed by atoms with Gasteiger partial charge in [-0.2, -0.15) is 5.53 Å². The summed E-state index contributed by atoms with van der Waals surface area (Å²) >= 11 is 0. The van der Waals surface area contributed by atoms with Gasteiger partial charge in [0.1, 0.15) is 0 Å². The summed E-state index contributed by atoms with van der Waals surface area (Å²) in [7, 11) is 0. The second-order valence-corrected chi connectivity index (χ2v) is 1.62. The van der Waals surface area contributed by atoms with E-state index in [1.807, 2.05) is 27.7 Å². The van der Waals surface area contributed by atoms with Crippen LogP contribution in [-0.4, -0.2) is 0 Å². The van der Waals surface area contributed by atoms with Crippen LogP contribution in [0.4, 0.5) is 0 Å². The van der Waals surface area contributed by atoms with Gasteiger partial charge in [-0.1, -0.05) is 13.8 Å². The lowest BCUT2D eigenvalue weighted by atomic mass is 10.4. The summed E-state index contributed by atoms with van der Waals surface area (Å²) < 4.78 is 0. The number of allylic oxidation sites excluding steroid dienone is 2. The van der Waals surface area contributed by atoms with E-state index >= 15 is 0 Å². The van der Waals surface area contributed by atoms with Crippen molar-refractivity contribution in [1.82, 2.24) is 16.4 Å². The maximum absolute atomic E-state index is 2.89. The lowest BCUT2D eigenvalue weighted by Gasteiger charge is -1.91. The Labute approximate surface area is 56.5 Å². The number of rotatable bonds is 0. The van der Waals surface area contributed by atoms with Crippen molar-refractivity contribution in [2.24, 2.45) is 0 Å². The van der Waals surface area contributed by atoms with Crippen molar-refractivity contribution in [1.29, 1.82) is 0 Å². The zero-order chi connectivity index (χ0) is 7.28. The van der Waals surface area contributed by atoms with Gasteiger partial charge in [-0.25, -0.2) is 0 Å². The first-order chi connectivity index (χ1) is 4.30. The largest absolute Gasteiger partial charge is 0.307 e. The standard InChI is InChI=1S/C4H9N3.C2H6/c1-3-4(2)6-7-5-3;1-2/h5-7H,1-2H3;1-2H3. The SMILES string of the molecule is CC.CC1=C(C)NNN1. The number of hydrogen-bond acceptors (Lipinski definition) is 3. The molecule has 0 aromatic carbocycles. The maximum atomic E-state index is 2.89. The predicted molar refractivity (Wildman–Crippen MR) is 39.1 cm³/mol. The molecule has 3 nitrogen and oxygen atoms in total. The molecule has 3 heteroatoms. The highest BCUT2D eigenvalue weighted by Crippen LogP contribution is 1.95. The van der Waals surface area contributed by atoms with Crippen LogP contribution in [0.5, 0.6) is 0 Å². The van der Waals surface area contributed by atoms with Crippen molar-refractivity contribution in [2.45, 2.75) is 27.7 Å². The molecular weight excluding hydrogens is 114 g/mol.